The van der Waals surface area contributed by atoms with E-state index in [1.54, 1.807) is 19.2 Å². The van der Waals surface area contributed by atoms with Crippen LogP contribution in [0.15, 0.2) is 62.9 Å². The zero-order valence-corrected chi connectivity index (χ0v) is 18.8. The maximum atomic E-state index is 13.0. The first-order valence-corrected chi connectivity index (χ1v) is 11.5. The number of thioether (sulfide) groups is 1. The summed E-state index contributed by atoms with van der Waals surface area (Å²) >= 11 is 2.22. The number of amides is 1. The minimum Gasteiger partial charge on any atom is -0.497 e. The van der Waals surface area contributed by atoms with E-state index in [0.717, 1.165) is 27.9 Å². The van der Waals surface area contributed by atoms with E-state index in [0.29, 0.717) is 18.2 Å². The molecule has 0 saturated heterocycles. The van der Waals surface area contributed by atoms with Crippen molar-refractivity contribution in [3.63, 3.8) is 0 Å². The number of hydrogen-bond donors (Lipinski definition) is 1. The highest BCUT2D eigenvalue weighted by molar-refractivity contribution is 7.99. The number of hydrazone groups is 1. The summed E-state index contributed by atoms with van der Waals surface area (Å²) in [6.07, 6.45) is -4.27. The summed E-state index contributed by atoms with van der Waals surface area (Å²) in [4.78, 5) is 31.2. The number of nitrogens with zero attached hydrogens (tertiary/aromatic N) is 3. The van der Waals surface area contributed by atoms with Gasteiger partial charge in [-0.25, -0.2) is 9.99 Å². The van der Waals surface area contributed by atoms with Gasteiger partial charge in [-0.2, -0.15) is 18.3 Å². The molecule has 1 unspecified atom stereocenters. The average molecular weight is 495 g/mol. The molecule has 0 aliphatic carbocycles. The second-order valence-corrected chi connectivity index (χ2v) is 8.89. The first kappa shape index (κ1) is 23.1. The van der Waals surface area contributed by atoms with Crippen molar-refractivity contribution < 1.29 is 22.7 Å². The third kappa shape index (κ3) is 5.28. The van der Waals surface area contributed by atoms with E-state index in [9.17, 15) is 22.8 Å². The van der Waals surface area contributed by atoms with E-state index in [4.69, 9.17) is 4.74 Å². The van der Waals surface area contributed by atoms with Gasteiger partial charge in [0.1, 0.15) is 5.75 Å². The number of thiophene rings is 1. The van der Waals surface area contributed by atoms with Crippen LogP contribution >= 0.6 is 23.1 Å². The Morgan fingerprint density at radius 1 is 1.30 bits per heavy atom. The van der Waals surface area contributed by atoms with E-state index in [-0.39, 0.29) is 17.0 Å². The molecule has 1 atom stereocenters. The fourth-order valence-electron chi connectivity index (χ4n) is 3.26. The smallest absolute Gasteiger partial charge is 0.433 e. The van der Waals surface area contributed by atoms with Crippen LogP contribution in [0.2, 0.25) is 0 Å². The third-order valence-electron chi connectivity index (χ3n) is 4.81. The van der Waals surface area contributed by atoms with Crippen LogP contribution in [0.1, 0.15) is 28.6 Å². The lowest BCUT2D eigenvalue weighted by Crippen LogP contribution is -2.28. The summed E-state index contributed by atoms with van der Waals surface area (Å²) < 4.78 is 44.0. The van der Waals surface area contributed by atoms with Crippen molar-refractivity contribution in [2.45, 2.75) is 23.8 Å². The number of nitrogens with one attached hydrogen (secondary N) is 1. The first-order valence-electron chi connectivity index (χ1n) is 9.63. The Labute approximate surface area is 194 Å². The van der Waals surface area contributed by atoms with Gasteiger partial charge in [0.15, 0.2) is 10.9 Å². The molecule has 4 rings (SSSR count). The predicted molar refractivity (Wildman–Crippen MR) is 119 cm³/mol. The van der Waals surface area contributed by atoms with Gasteiger partial charge in [-0.3, -0.25) is 9.59 Å². The van der Waals surface area contributed by atoms with Crippen molar-refractivity contribution in [2.24, 2.45) is 5.10 Å². The highest BCUT2D eigenvalue weighted by Gasteiger charge is 2.35. The second-order valence-electron chi connectivity index (χ2n) is 6.98. The van der Waals surface area contributed by atoms with Crippen LogP contribution in [0.25, 0.3) is 0 Å². The highest BCUT2D eigenvalue weighted by Crippen LogP contribution is 2.35. The Bertz CT molecular complexity index is 1220. The zero-order valence-electron chi connectivity index (χ0n) is 17.1. The molecule has 12 heteroatoms. The molecule has 1 N–H and O–H groups in total. The van der Waals surface area contributed by atoms with Crippen LogP contribution in [0, 0.1) is 0 Å². The molecule has 7 nitrogen and oxygen atoms in total. The second kappa shape index (κ2) is 9.40. The van der Waals surface area contributed by atoms with Gasteiger partial charge < -0.3 is 9.72 Å². The number of hydrogen-bond acceptors (Lipinski definition) is 7. The molecule has 0 saturated carbocycles. The maximum absolute atomic E-state index is 13.0. The summed E-state index contributed by atoms with van der Waals surface area (Å²) in [6.45, 7) is 0. The summed E-state index contributed by atoms with van der Waals surface area (Å²) in [7, 11) is 1.56. The van der Waals surface area contributed by atoms with Crippen molar-refractivity contribution in [3.8, 4) is 5.75 Å². The van der Waals surface area contributed by atoms with E-state index in [2.05, 4.69) is 15.1 Å². The quantitative estimate of drug-likeness (QED) is 0.407. The summed E-state index contributed by atoms with van der Waals surface area (Å²) in [5.41, 5.74) is -0.663. The van der Waals surface area contributed by atoms with Gasteiger partial charge in [-0.05, 0) is 29.1 Å². The predicted octanol–water partition coefficient (Wildman–Crippen LogP) is 4.33. The SMILES string of the molecule is COc1ccc(C2CC(c3cccs3)=NN2C(=O)CSc2nc(C(F)(F)F)cc(=O)[nH]2)cc1. The lowest BCUT2D eigenvalue weighted by molar-refractivity contribution is -0.141. The van der Waals surface area contributed by atoms with Gasteiger partial charge in [0.25, 0.3) is 11.5 Å². The molecule has 1 aliphatic rings. The molecule has 3 heterocycles. The Kier molecular flexibility index (Phi) is 6.56. The lowest BCUT2D eigenvalue weighted by Gasteiger charge is -2.22. The van der Waals surface area contributed by atoms with Crippen molar-refractivity contribution in [1.29, 1.82) is 0 Å². The normalized spacial score (nSPS) is 16.1. The molecule has 1 aliphatic heterocycles. The fourth-order valence-corrected chi connectivity index (χ4v) is 4.71. The van der Waals surface area contributed by atoms with Crippen LogP contribution in [0.3, 0.4) is 0 Å². The number of rotatable bonds is 6. The highest BCUT2D eigenvalue weighted by atomic mass is 32.2. The van der Waals surface area contributed by atoms with Gasteiger partial charge in [0.05, 0.1) is 29.5 Å². The Hall–Kier alpha value is -3.12. The molecule has 2 aromatic heterocycles. The number of H-pyrrole nitrogens is 1. The largest absolute Gasteiger partial charge is 0.497 e. The number of halogens is 3. The molecule has 1 aromatic carbocycles. The van der Waals surface area contributed by atoms with E-state index in [1.807, 2.05) is 29.6 Å². The standard InChI is InChI=1S/C21H17F3N4O3S2/c1-31-13-6-4-12(5-7-13)15-9-14(16-3-2-8-32-16)27-28(15)19(30)11-33-20-25-17(21(22,23)24)10-18(29)26-20/h2-8,10,15H,9,11H2,1H3,(H,25,26,29). The summed E-state index contributed by atoms with van der Waals surface area (Å²) in [6, 6.07) is 11.1. The van der Waals surface area contributed by atoms with Crippen LogP contribution in [0.4, 0.5) is 13.2 Å². The summed E-state index contributed by atoms with van der Waals surface area (Å²) in [5, 5.41) is 7.48. The number of alkyl halides is 3. The number of benzene rings is 1. The van der Waals surface area contributed by atoms with E-state index >= 15 is 0 Å². The minimum atomic E-state index is -4.76. The first-order chi connectivity index (χ1) is 15.7. The van der Waals surface area contributed by atoms with Crippen LogP contribution in [0.5, 0.6) is 5.75 Å². The molecule has 0 fully saturated rings. The Morgan fingerprint density at radius 2 is 2.06 bits per heavy atom. The van der Waals surface area contributed by atoms with Gasteiger partial charge in [0, 0.05) is 12.5 Å². The molecule has 0 bridgehead atoms. The minimum absolute atomic E-state index is 0.252. The van der Waals surface area contributed by atoms with Gasteiger partial charge in [-0.15, -0.1) is 11.3 Å². The number of methoxy groups -OCH3 is 1. The van der Waals surface area contributed by atoms with Crippen LogP contribution in [-0.4, -0.2) is 39.5 Å². The van der Waals surface area contributed by atoms with Crippen LogP contribution in [-0.2, 0) is 11.0 Å². The molecule has 3 aromatic rings. The van der Waals surface area contributed by atoms with Crippen molar-refractivity contribution in [3.05, 3.63) is 74.3 Å². The van der Waals surface area contributed by atoms with Gasteiger partial charge in [0.2, 0.25) is 0 Å². The molecule has 33 heavy (non-hydrogen) atoms. The number of ether oxygens (including phenoxy) is 1. The van der Waals surface area contributed by atoms with Crippen molar-refractivity contribution in [1.82, 2.24) is 15.0 Å². The maximum Gasteiger partial charge on any atom is 0.433 e. The Morgan fingerprint density at radius 3 is 2.70 bits per heavy atom. The summed E-state index contributed by atoms with van der Waals surface area (Å²) in [5.74, 6) is -0.00502. The van der Waals surface area contributed by atoms with E-state index < -0.39 is 23.3 Å². The lowest BCUT2D eigenvalue weighted by atomic mass is 10.0. The van der Waals surface area contributed by atoms with E-state index in [1.165, 1.54) is 16.3 Å². The average Bonchev–Trinajstić information content (AvgIpc) is 3.47. The number of carbonyl (C=O) groups is 1. The van der Waals surface area contributed by atoms with Crippen LogP contribution < -0.4 is 10.3 Å². The van der Waals surface area contributed by atoms with Gasteiger partial charge in [-0.1, -0.05) is 30.0 Å². The number of aromatic amines is 1. The zero-order chi connectivity index (χ0) is 23.6. The third-order valence-corrected chi connectivity index (χ3v) is 6.59. The molecule has 0 spiro atoms. The van der Waals surface area contributed by atoms with Crippen molar-refractivity contribution in [2.75, 3.05) is 12.9 Å². The topological polar surface area (TPSA) is 87.7 Å². The van der Waals surface area contributed by atoms with Crippen molar-refractivity contribution >= 4 is 34.7 Å². The number of aromatic nitrogens is 2. The molecule has 172 valence electrons. The molecular formula is C21H17F3N4O3S2. The molecule has 1 amide bonds. The number of carbonyl (C=O) groups excluding carboxylic acids is 1. The molecular weight excluding hydrogens is 477 g/mol. The fraction of sp³-hybridized carbons (Fsp3) is 0.238. The Balaban J connectivity index is 1.56. The van der Waals surface area contributed by atoms with Gasteiger partial charge >= 0.3 is 6.18 Å². The monoisotopic (exact) mass is 494 g/mol. The molecule has 0 radical (unpaired) electrons.